The van der Waals surface area contributed by atoms with Gasteiger partial charge in [0.2, 0.25) is 0 Å². The van der Waals surface area contributed by atoms with Crippen LogP contribution in [0.3, 0.4) is 0 Å². The molecule has 1 aromatic carbocycles. The molecule has 1 atom stereocenters. The van der Waals surface area contributed by atoms with Crippen LogP contribution in [0.2, 0.25) is 5.02 Å². The van der Waals surface area contributed by atoms with Gasteiger partial charge in [0.25, 0.3) is 5.91 Å². The molecule has 0 N–H and O–H groups in total. The van der Waals surface area contributed by atoms with Crippen molar-refractivity contribution < 1.29 is 9.53 Å². The lowest BCUT2D eigenvalue weighted by Gasteiger charge is -2.24. The van der Waals surface area contributed by atoms with Gasteiger partial charge in [-0.1, -0.05) is 17.7 Å². The Hall–Kier alpha value is -1.32. The molecule has 4 heteroatoms. The Kier molecular flexibility index (Phi) is 2.12. The molecule has 3 nitrogen and oxygen atoms in total. The van der Waals surface area contributed by atoms with E-state index in [0.29, 0.717) is 11.6 Å². The van der Waals surface area contributed by atoms with Crippen LogP contribution in [0.4, 0.5) is 5.69 Å². The SMILES string of the molecule is CC1=CCOC12C(=O)N(C)c1ccc(Cl)cc12. The van der Waals surface area contributed by atoms with Crippen molar-refractivity contribution >= 4 is 23.2 Å². The number of benzene rings is 1. The fourth-order valence-corrected chi connectivity index (χ4v) is 2.79. The fraction of sp³-hybridized carbons (Fsp3) is 0.308. The Morgan fingerprint density at radius 2 is 2.24 bits per heavy atom. The highest BCUT2D eigenvalue weighted by atomic mass is 35.5. The van der Waals surface area contributed by atoms with Crippen molar-refractivity contribution in [1.82, 2.24) is 0 Å². The first kappa shape index (κ1) is 10.8. The maximum atomic E-state index is 12.4. The van der Waals surface area contributed by atoms with Crippen molar-refractivity contribution in [3.8, 4) is 0 Å². The standard InChI is InChI=1S/C13H12ClNO2/c1-8-5-6-17-13(8)10-7-9(14)3-4-11(10)15(2)12(13)16/h3-5,7H,6H2,1-2H3. The molecule has 0 aliphatic carbocycles. The minimum atomic E-state index is -0.936. The van der Waals surface area contributed by atoms with Crippen LogP contribution in [0.15, 0.2) is 29.8 Å². The summed E-state index contributed by atoms with van der Waals surface area (Å²) in [4.78, 5) is 14.1. The Labute approximate surface area is 105 Å². The summed E-state index contributed by atoms with van der Waals surface area (Å²) in [7, 11) is 1.76. The number of anilines is 1. The predicted molar refractivity (Wildman–Crippen MR) is 66.2 cm³/mol. The van der Waals surface area contributed by atoms with Gasteiger partial charge in [-0.05, 0) is 30.7 Å². The highest BCUT2D eigenvalue weighted by Crippen LogP contribution is 2.49. The third-order valence-electron chi connectivity index (χ3n) is 3.55. The summed E-state index contributed by atoms with van der Waals surface area (Å²) in [6, 6.07) is 5.47. The van der Waals surface area contributed by atoms with Crippen molar-refractivity contribution in [3.63, 3.8) is 0 Å². The summed E-state index contributed by atoms with van der Waals surface area (Å²) in [6.07, 6.45) is 1.95. The maximum Gasteiger partial charge on any atom is 0.268 e. The van der Waals surface area contributed by atoms with Gasteiger partial charge in [-0.3, -0.25) is 4.79 Å². The van der Waals surface area contributed by atoms with Crippen molar-refractivity contribution in [3.05, 3.63) is 40.4 Å². The molecule has 0 fully saturated rings. The van der Waals surface area contributed by atoms with E-state index in [9.17, 15) is 4.79 Å². The molecular weight excluding hydrogens is 238 g/mol. The number of amides is 1. The van der Waals surface area contributed by atoms with E-state index >= 15 is 0 Å². The van der Waals surface area contributed by atoms with Crippen molar-refractivity contribution in [2.24, 2.45) is 0 Å². The van der Waals surface area contributed by atoms with Crippen LogP contribution in [-0.2, 0) is 15.1 Å². The van der Waals surface area contributed by atoms with Crippen molar-refractivity contribution in [2.75, 3.05) is 18.6 Å². The van der Waals surface area contributed by atoms with Gasteiger partial charge < -0.3 is 9.64 Å². The van der Waals surface area contributed by atoms with Crippen LogP contribution < -0.4 is 4.90 Å². The van der Waals surface area contributed by atoms with Gasteiger partial charge in [-0.2, -0.15) is 0 Å². The highest BCUT2D eigenvalue weighted by molar-refractivity contribution is 6.31. The molecule has 0 saturated carbocycles. The van der Waals surface area contributed by atoms with Crippen LogP contribution in [0.25, 0.3) is 0 Å². The molecule has 2 aliphatic rings. The number of likely N-dealkylation sites (N-methyl/N-ethyl adjacent to an activating group) is 1. The molecule has 2 aliphatic heterocycles. The Bertz CT molecular complexity index is 552. The number of halogens is 1. The Balaban J connectivity index is 2.30. The van der Waals surface area contributed by atoms with E-state index in [1.54, 1.807) is 18.0 Å². The van der Waals surface area contributed by atoms with Gasteiger partial charge in [0.05, 0.1) is 12.3 Å². The number of carbonyl (C=O) groups is 1. The van der Waals surface area contributed by atoms with E-state index < -0.39 is 5.60 Å². The minimum Gasteiger partial charge on any atom is -0.352 e. The molecule has 1 spiro atoms. The number of rotatable bonds is 0. The van der Waals surface area contributed by atoms with E-state index in [4.69, 9.17) is 16.3 Å². The lowest BCUT2D eigenvalue weighted by molar-refractivity contribution is -0.135. The molecular formula is C13H12ClNO2. The molecule has 0 saturated heterocycles. The van der Waals surface area contributed by atoms with Crippen LogP contribution in [0, 0.1) is 0 Å². The predicted octanol–water partition coefficient (Wildman–Crippen LogP) is 2.49. The molecule has 3 rings (SSSR count). The normalized spacial score (nSPS) is 26.6. The Morgan fingerprint density at radius 1 is 1.47 bits per heavy atom. The second kappa shape index (κ2) is 3.34. The monoisotopic (exact) mass is 249 g/mol. The maximum absolute atomic E-state index is 12.4. The summed E-state index contributed by atoms with van der Waals surface area (Å²) >= 11 is 6.02. The van der Waals surface area contributed by atoms with Crippen LogP contribution in [0.1, 0.15) is 12.5 Å². The van der Waals surface area contributed by atoms with E-state index in [0.717, 1.165) is 16.8 Å². The lowest BCUT2D eigenvalue weighted by atomic mass is 9.89. The molecule has 2 heterocycles. The van der Waals surface area contributed by atoms with Gasteiger partial charge in [0.15, 0.2) is 5.60 Å². The molecule has 1 unspecified atom stereocenters. The zero-order valence-electron chi connectivity index (χ0n) is 9.66. The summed E-state index contributed by atoms with van der Waals surface area (Å²) in [5, 5.41) is 0.620. The summed E-state index contributed by atoms with van der Waals surface area (Å²) in [5.41, 5.74) is 1.72. The lowest BCUT2D eigenvalue weighted by Crippen LogP contribution is -2.39. The van der Waals surface area contributed by atoms with E-state index in [1.165, 1.54) is 0 Å². The fourth-order valence-electron chi connectivity index (χ4n) is 2.61. The highest BCUT2D eigenvalue weighted by Gasteiger charge is 2.54. The first-order valence-corrected chi connectivity index (χ1v) is 5.84. The largest absolute Gasteiger partial charge is 0.352 e. The summed E-state index contributed by atoms with van der Waals surface area (Å²) < 4.78 is 5.74. The summed E-state index contributed by atoms with van der Waals surface area (Å²) in [6.45, 7) is 2.39. The topological polar surface area (TPSA) is 29.5 Å². The van der Waals surface area contributed by atoms with E-state index in [-0.39, 0.29) is 5.91 Å². The third-order valence-corrected chi connectivity index (χ3v) is 3.78. The first-order valence-electron chi connectivity index (χ1n) is 5.47. The molecule has 0 bridgehead atoms. The number of ether oxygens (including phenoxy) is 1. The van der Waals surface area contributed by atoms with Gasteiger partial charge in [-0.25, -0.2) is 0 Å². The average molecular weight is 250 g/mol. The molecule has 17 heavy (non-hydrogen) atoms. The van der Waals surface area contributed by atoms with Crippen LogP contribution in [0.5, 0.6) is 0 Å². The van der Waals surface area contributed by atoms with Crippen molar-refractivity contribution in [1.29, 1.82) is 0 Å². The van der Waals surface area contributed by atoms with Gasteiger partial charge in [-0.15, -0.1) is 0 Å². The number of hydrogen-bond donors (Lipinski definition) is 0. The zero-order chi connectivity index (χ0) is 12.2. The third kappa shape index (κ3) is 1.18. The van der Waals surface area contributed by atoms with Crippen molar-refractivity contribution in [2.45, 2.75) is 12.5 Å². The quantitative estimate of drug-likeness (QED) is 0.661. The molecule has 1 aromatic rings. The van der Waals surface area contributed by atoms with E-state index in [2.05, 4.69) is 0 Å². The van der Waals surface area contributed by atoms with Gasteiger partial charge in [0, 0.05) is 17.6 Å². The number of fused-ring (bicyclic) bond motifs is 2. The number of nitrogens with zero attached hydrogens (tertiary/aromatic N) is 1. The van der Waals surface area contributed by atoms with Crippen LogP contribution in [-0.4, -0.2) is 19.6 Å². The van der Waals surface area contributed by atoms with Crippen LogP contribution >= 0.6 is 11.6 Å². The first-order chi connectivity index (χ1) is 8.07. The summed E-state index contributed by atoms with van der Waals surface area (Å²) in [5.74, 6) is -0.0407. The van der Waals surface area contributed by atoms with Gasteiger partial charge in [0.1, 0.15) is 0 Å². The number of hydrogen-bond acceptors (Lipinski definition) is 2. The number of carbonyl (C=O) groups excluding carboxylic acids is 1. The second-order valence-corrected chi connectivity index (χ2v) is 4.84. The van der Waals surface area contributed by atoms with E-state index in [1.807, 2.05) is 25.1 Å². The second-order valence-electron chi connectivity index (χ2n) is 4.40. The molecule has 88 valence electrons. The molecule has 0 radical (unpaired) electrons. The zero-order valence-corrected chi connectivity index (χ0v) is 10.4. The van der Waals surface area contributed by atoms with Gasteiger partial charge >= 0.3 is 0 Å². The smallest absolute Gasteiger partial charge is 0.268 e. The average Bonchev–Trinajstić information content (AvgIpc) is 2.77. The minimum absolute atomic E-state index is 0.0407. The Morgan fingerprint density at radius 3 is 2.88 bits per heavy atom. The molecule has 0 aromatic heterocycles. The molecule has 1 amide bonds.